The standard InChI is InChI=1S/C28H28ClFN4O2/c1-3-16-31-28(35)33(18-21-12-14-23(30)15-13-21)19-26-20(2)32-34(24-9-7-8-22(29)17-24)27(26)36-25-10-5-4-6-11-25/h4-15,17H,3,16,18-19H2,1-2H3,(H,31,35). The maximum Gasteiger partial charge on any atom is 0.318 e. The van der Waals surface area contributed by atoms with E-state index in [9.17, 15) is 9.18 Å². The molecule has 0 saturated carbocycles. The molecular formula is C28H28ClFN4O2. The molecule has 0 fully saturated rings. The summed E-state index contributed by atoms with van der Waals surface area (Å²) in [4.78, 5) is 14.8. The van der Waals surface area contributed by atoms with E-state index < -0.39 is 0 Å². The second kappa shape index (κ2) is 11.7. The Balaban J connectivity index is 1.74. The van der Waals surface area contributed by atoms with Gasteiger partial charge in [0.1, 0.15) is 11.6 Å². The number of benzene rings is 3. The van der Waals surface area contributed by atoms with E-state index in [2.05, 4.69) is 5.32 Å². The van der Waals surface area contributed by atoms with Gasteiger partial charge in [-0.25, -0.2) is 13.9 Å². The highest BCUT2D eigenvalue weighted by molar-refractivity contribution is 6.30. The van der Waals surface area contributed by atoms with Crippen LogP contribution in [0, 0.1) is 12.7 Å². The van der Waals surface area contributed by atoms with Crippen molar-refractivity contribution in [2.24, 2.45) is 0 Å². The molecule has 0 bridgehead atoms. The van der Waals surface area contributed by atoms with Crippen LogP contribution in [0.1, 0.15) is 30.2 Å². The lowest BCUT2D eigenvalue weighted by Crippen LogP contribution is -2.39. The number of rotatable bonds is 9. The second-order valence-corrected chi connectivity index (χ2v) is 8.83. The summed E-state index contributed by atoms with van der Waals surface area (Å²) in [5, 5.41) is 8.26. The topological polar surface area (TPSA) is 59.4 Å². The summed E-state index contributed by atoms with van der Waals surface area (Å²) in [7, 11) is 0. The third kappa shape index (κ3) is 6.23. The summed E-state index contributed by atoms with van der Waals surface area (Å²) >= 11 is 6.26. The molecule has 4 rings (SSSR count). The fraction of sp³-hybridized carbons (Fsp3) is 0.214. The lowest BCUT2D eigenvalue weighted by molar-refractivity contribution is 0.191. The molecule has 1 heterocycles. The first-order chi connectivity index (χ1) is 17.4. The van der Waals surface area contributed by atoms with Gasteiger partial charge in [-0.15, -0.1) is 0 Å². The van der Waals surface area contributed by atoms with E-state index in [1.54, 1.807) is 33.8 Å². The molecule has 0 atom stereocenters. The first-order valence-electron chi connectivity index (χ1n) is 11.8. The SMILES string of the molecule is CCCNC(=O)N(Cc1ccc(F)cc1)Cc1c(C)nn(-c2cccc(Cl)c2)c1Oc1ccccc1. The summed E-state index contributed by atoms with van der Waals surface area (Å²) in [6.07, 6.45) is 0.810. The third-order valence-corrected chi connectivity index (χ3v) is 5.83. The van der Waals surface area contributed by atoms with Gasteiger partial charge in [-0.05, 0) is 61.4 Å². The molecule has 0 aliphatic heterocycles. The van der Waals surface area contributed by atoms with E-state index in [1.165, 1.54) is 12.1 Å². The lowest BCUT2D eigenvalue weighted by Gasteiger charge is -2.24. The molecule has 3 aromatic carbocycles. The number of aryl methyl sites for hydroxylation is 1. The number of halogens is 2. The van der Waals surface area contributed by atoms with Crippen LogP contribution in [0.15, 0.2) is 78.9 Å². The quantitative estimate of drug-likeness (QED) is 0.269. The maximum atomic E-state index is 13.5. The number of nitrogens with zero attached hydrogens (tertiary/aromatic N) is 3. The summed E-state index contributed by atoms with van der Waals surface area (Å²) < 4.78 is 21.5. The molecule has 0 aliphatic rings. The van der Waals surface area contributed by atoms with Crippen LogP contribution in [-0.4, -0.2) is 27.3 Å². The highest BCUT2D eigenvalue weighted by Crippen LogP contribution is 2.32. The molecule has 2 amide bonds. The van der Waals surface area contributed by atoms with E-state index in [1.807, 2.05) is 56.3 Å². The minimum atomic E-state index is -0.321. The van der Waals surface area contributed by atoms with Crippen LogP contribution in [0.25, 0.3) is 5.69 Å². The van der Waals surface area contributed by atoms with Gasteiger partial charge in [-0.1, -0.05) is 54.9 Å². The van der Waals surface area contributed by atoms with E-state index in [0.717, 1.165) is 23.2 Å². The Bertz CT molecular complexity index is 1310. The molecule has 1 aromatic heterocycles. The van der Waals surface area contributed by atoms with Crippen molar-refractivity contribution in [2.75, 3.05) is 6.54 Å². The predicted octanol–water partition coefficient (Wildman–Crippen LogP) is 6.89. The minimum absolute atomic E-state index is 0.221. The molecular weight excluding hydrogens is 479 g/mol. The average molecular weight is 507 g/mol. The summed E-state index contributed by atoms with van der Waals surface area (Å²) in [6, 6.07) is 22.7. The van der Waals surface area contributed by atoms with Crippen LogP contribution in [-0.2, 0) is 13.1 Å². The number of ether oxygens (including phenoxy) is 1. The normalized spacial score (nSPS) is 10.8. The van der Waals surface area contributed by atoms with E-state index in [4.69, 9.17) is 21.4 Å². The number of amides is 2. The van der Waals surface area contributed by atoms with Gasteiger partial charge in [0.2, 0.25) is 5.88 Å². The Kier molecular flexibility index (Phi) is 8.23. The van der Waals surface area contributed by atoms with Crippen molar-refractivity contribution < 1.29 is 13.9 Å². The Morgan fingerprint density at radius 3 is 2.50 bits per heavy atom. The fourth-order valence-electron chi connectivity index (χ4n) is 3.75. The Hall–Kier alpha value is -3.84. The van der Waals surface area contributed by atoms with Gasteiger partial charge < -0.3 is 15.0 Å². The van der Waals surface area contributed by atoms with Gasteiger partial charge in [0.05, 0.1) is 23.5 Å². The zero-order valence-electron chi connectivity index (χ0n) is 20.2. The van der Waals surface area contributed by atoms with E-state index in [0.29, 0.717) is 35.4 Å². The Labute approximate surface area is 215 Å². The van der Waals surface area contributed by atoms with Crippen LogP contribution in [0.4, 0.5) is 9.18 Å². The number of para-hydroxylation sites is 1. The number of nitrogens with one attached hydrogen (secondary N) is 1. The molecule has 186 valence electrons. The number of hydrogen-bond donors (Lipinski definition) is 1. The first-order valence-corrected chi connectivity index (χ1v) is 12.2. The monoisotopic (exact) mass is 506 g/mol. The molecule has 1 N–H and O–H groups in total. The van der Waals surface area contributed by atoms with Crippen molar-refractivity contribution in [1.29, 1.82) is 0 Å². The lowest BCUT2D eigenvalue weighted by atomic mass is 10.2. The largest absolute Gasteiger partial charge is 0.439 e. The maximum absolute atomic E-state index is 13.5. The summed E-state index contributed by atoms with van der Waals surface area (Å²) in [5.74, 6) is 0.814. The molecule has 6 nitrogen and oxygen atoms in total. The van der Waals surface area contributed by atoms with Crippen molar-refractivity contribution in [3.63, 3.8) is 0 Å². The van der Waals surface area contributed by atoms with Crippen LogP contribution in [0.3, 0.4) is 0 Å². The van der Waals surface area contributed by atoms with Crippen molar-refractivity contribution >= 4 is 17.6 Å². The third-order valence-electron chi connectivity index (χ3n) is 5.60. The van der Waals surface area contributed by atoms with Gasteiger partial charge in [0.25, 0.3) is 0 Å². The van der Waals surface area contributed by atoms with Gasteiger partial charge in [0, 0.05) is 18.1 Å². The first kappa shape index (κ1) is 25.3. The van der Waals surface area contributed by atoms with Crippen molar-refractivity contribution in [1.82, 2.24) is 20.0 Å². The molecule has 0 spiro atoms. The van der Waals surface area contributed by atoms with Crippen molar-refractivity contribution in [3.05, 3.63) is 107 Å². The van der Waals surface area contributed by atoms with Crippen LogP contribution >= 0.6 is 11.6 Å². The van der Waals surface area contributed by atoms with Crippen LogP contribution < -0.4 is 10.1 Å². The van der Waals surface area contributed by atoms with Gasteiger partial charge in [-0.2, -0.15) is 5.10 Å². The van der Waals surface area contributed by atoms with Gasteiger partial charge >= 0.3 is 6.03 Å². The number of hydrogen-bond acceptors (Lipinski definition) is 3. The number of carbonyl (C=O) groups excluding carboxylic acids is 1. The predicted molar refractivity (Wildman–Crippen MR) is 139 cm³/mol. The highest BCUT2D eigenvalue weighted by atomic mass is 35.5. The molecule has 4 aromatic rings. The molecule has 36 heavy (non-hydrogen) atoms. The average Bonchev–Trinajstić information content (AvgIpc) is 3.18. The van der Waals surface area contributed by atoms with Gasteiger partial charge in [0.15, 0.2) is 0 Å². The summed E-state index contributed by atoms with van der Waals surface area (Å²) in [6.45, 7) is 4.96. The van der Waals surface area contributed by atoms with Crippen molar-refractivity contribution in [2.45, 2.75) is 33.4 Å². The molecule has 0 aliphatic carbocycles. The fourth-order valence-corrected chi connectivity index (χ4v) is 3.94. The minimum Gasteiger partial charge on any atom is -0.439 e. The Morgan fingerprint density at radius 1 is 1.06 bits per heavy atom. The van der Waals surface area contributed by atoms with Crippen molar-refractivity contribution in [3.8, 4) is 17.3 Å². The zero-order chi connectivity index (χ0) is 25.5. The summed E-state index contributed by atoms with van der Waals surface area (Å²) in [5.41, 5.74) is 3.03. The zero-order valence-corrected chi connectivity index (χ0v) is 21.0. The van der Waals surface area contributed by atoms with E-state index in [-0.39, 0.29) is 18.4 Å². The number of aromatic nitrogens is 2. The molecule has 8 heteroatoms. The molecule has 0 unspecified atom stereocenters. The molecule has 0 saturated heterocycles. The highest BCUT2D eigenvalue weighted by Gasteiger charge is 2.24. The number of carbonyl (C=O) groups is 1. The van der Waals surface area contributed by atoms with E-state index >= 15 is 0 Å². The van der Waals surface area contributed by atoms with Crippen LogP contribution in [0.5, 0.6) is 11.6 Å². The Morgan fingerprint density at radius 2 is 1.81 bits per heavy atom. The number of urea groups is 1. The smallest absolute Gasteiger partial charge is 0.318 e. The second-order valence-electron chi connectivity index (χ2n) is 8.39. The van der Waals surface area contributed by atoms with Gasteiger partial charge in [-0.3, -0.25) is 0 Å². The van der Waals surface area contributed by atoms with Crippen LogP contribution in [0.2, 0.25) is 5.02 Å². The molecule has 0 radical (unpaired) electrons.